The van der Waals surface area contributed by atoms with Crippen molar-refractivity contribution in [3.8, 4) is 0 Å². The van der Waals surface area contributed by atoms with Crippen molar-refractivity contribution in [2.24, 2.45) is 5.92 Å². The Hall–Kier alpha value is -2.36. The first-order valence-electron chi connectivity index (χ1n) is 8.29. The first-order valence-corrected chi connectivity index (χ1v) is 8.29. The molecule has 4 rings (SSSR count). The standard InChI is InChI=1S/C19H20N2O2/c22-18-16-5-1-2-6-17(16)19(23)21(18)11-9-14-4-3-10-20(12-14)13-15-7-8-15/h1-3,5-6,10,12,15H,4,7-9,11,13H2. The van der Waals surface area contributed by atoms with Gasteiger partial charge in [-0.2, -0.15) is 0 Å². The number of benzene rings is 1. The van der Waals surface area contributed by atoms with Crippen LogP contribution >= 0.6 is 0 Å². The zero-order chi connectivity index (χ0) is 15.8. The molecule has 1 aromatic carbocycles. The van der Waals surface area contributed by atoms with E-state index in [4.69, 9.17) is 0 Å². The van der Waals surface area contributed by atoms with Crippen molar-refractivity contribution in [2.75, 3.05) is 13.1 Å². The Balaban J connectivity index is 1.40. The van der Waals surface area contributed by atoms with E-state index < -0.39 is 0 Å². The second-order valence-electron chi connectivity index (χ2n) is 6.57. The van der Waals surface area contributed by atoms with Gasteiger partial charge < -0.3 is 4.90 Å². The number of amides is 2. The molecule has 118 valence electrons. The average Bonchev–Trinajstić information content (AvgIpc) is 3.35. The van der Waals surface area contributed by atoms with Crippen molar-refractivity contribution < 1.29 is 9.59 Å². The lowest BCUT2D eigenvalue weighted by Crippen LogP contribution is -2.31. The van der Waals surface area contributed by atoms with Gasteiger partial charge in [-0.25, -0.2) is 0 Å². The van der Waals surface area contributed by atoms with Crippen LogP contribution in [0.2, 0.25) is 0 Å². The molecule has 0 saturated heterocycles. The minimum Gasteiger partial charge on any atom is -0.354 e. The lowest BCUT2D eigenvalue weighted by molar-refractivity contribution is 0.0656. The number of hydrogen-bond donors (Lipinski definition) is 0. The zero-order valence-electron chi connectivity index (χ0n) is 13.1. The Morgan fingerprint density at radius 3 is 2.39 bits per heavy atom. The van der Waals surface area contributed by atoms with Crippen molar-refractivity contribution in [1.29, 1.82) is 0 Å². The van der Waals surface area contributed by atoms with Crippen LogP contribution in [-0.2, 0) is 0 Å². The molecule has 1 aromatic rings. The third-order valence-electron chi connectivity index (χ3n) is 4.73. The quantitative estimate of drug-likeness (QED) is 0.784. The molecule has 3 aliphatic rings. The Morgan fingerprint density at radius 2 is 1.74 bits per heavy atom. The molecule has 2 aliphatic heterocycles. The second-order valence-corrected chi connectivity index (χ2v) is 6.57. The van der Waals surface area contributed by atoms with E-state index in [0.717, 1.165) is 25.3 Å². The van der Waals surface area contributed by atoms with Crippen LogP contribution in [-0.4, -0.2) is 34.7 Å². The van der Waals surface area contributed by atoms with E-state index in [1.165, 1.54) is 23.3 Å². The van der Waals surface area contributed by atoms with Gasteiger partial charge in [0.25, 0.3) is 11.8 Å². The SMILES string of the molecule is O=C1c2ccccc2C(=O)N1CCC1=CN(CC2CC2)C=CC1. The summed E-state index contributed by atoms with van der Waals surface area (Å²) in [5, 5.41) is 0. The zero-order valence-corrected chi connectivity index (χ0v) is 13.1. The molecular formula is C19H20N2O2. The number of carbonyl (C=O) groups is 2. The molecule has 0 bridgehead atoms. The summed E-state index contributed by atoms with van der Waals surface area (Å²) in [5.74, 6) is 0.520. The molecule has 1 saturated carbocycles. The van der Waals surface area contributed by atoms with Gasteiger partial charge >= 0.3 is 0 Å². The number of carbonyl (C=O) groups excluding carboxylic acids is 2. The summed E-state index contributed by atoms with van der Waals surface area (Å²) in [7, 11) is 0. The van der Waals surface area contributed by atoms with Gasteiger partial charge in [-0.15, -0.1) is 0 Å². The molecular weight excluding hydrogens is 288 g/mol. The molecule has 1 fully saturated rings. The van der Waals surface area contributed by atoms with Gasteiger partial charge in [0.15, 0.2) is 0 Å². The lowest BCUT2D eigenvalue weighted by atomic mass is 10.1. The predicted molar refractivity (Wildman–Crippen MR) is 87.7 cm³/mol. The molecule has 0 unspecified atom stereocenters. The fraction of sp³-hybridized carbons (Fsp3) is 0.368. The van der Waals surface area contributed by atoms with Crippen LogP contribution in [0.15, 0.2) is 48.3 Å². The average molecular weight is 308 g/mol. The number of fused-ring (bicyclic) bond motifs is 1. The van der Waals surface area contributed by atoms with E-state index >= 15 is 0 Å². The summed E-state index contributed by atoms with van der Waals surface area (Å²) in [6.07, 6.45) is 10.8. The Labute approximate surface area is 136 Å². The maximum absolute atomic E-state index is 12.4. The fourth-order valence-corrected chi connectivity index (χ4v) is 3.25. The van der Waals surface area contributed by atoms with Gasteiger partial charge in [0.05, 0.1) is 11.1 Å². The van der Waals surface area contributed by atoms with E-state index in [2.05, 4.69) is 23.4 Å². The van der Waals surface area contributed by atoms with E-state index in [-0.39, 0.29) is 11.8 Å². The maximum atomic E-state index is 12.4. The Kier molecular flexibility index (Phi) is 3.52. The van der Waals surface area contributed by atoms with Crippen molar-refractivity contribution in [3.63, 3.8) is 0 Å². The molecule has 0 atom stereocenters. The highest BCUT2D eigenvalue weighted by Gasteiger charge is 2.34. The van der Waals surface area contributed by atoms with Gasteiger partial charge in [0.2, 0.25) is 0 Å². The van der Waals surface area contributed by atoms with Crippen LogP contribution in [0, 0.1) is 5.92 Å². The number of allylic oxidation sites excluding steroid dienone is 1. The second kappa shape index (κ2) is 5.69. The van der Waals surface area contributed by atoms with E-state index in [9.17, 15) is 9.59 Å². The highest BCUT2D eigenvalue weighted by molar-refractivity contribution is 6.21. The van der Waals surface area contributed by atoms with E-state index in [1.807, 2.05) is 0 Å². The van der Waals surface area contributed by atoms with Crippen LogP contribution in [0.25, 0.3) is 0 Å². The lowest BCUT2D eigenvalue weighted by Gasteiger charge is -2.22. The summed E-state index contributed by atoms with van der Waals surface area (Å²) < 4.78 is 0. The van der Waals surface area contributed by atoms with Crippen molar-refractivity contribution in [2.45, 2.75) is 25.7 Å². The first kappa shape index (κ1) is 14.2. The number of rotatable bonds is 5. The number of imide groups is 1. The smallest absolute Gasteiger partial charge is 0.261 e. The van der Waals surface area contributed by atoms with Gasteiger partial charge in [-0.3, -0.25) is 14.5 Å². The molecule has 2 amide bonds. The molecule has 4 heteroatoms. The molecule has 0 radical (unpaired) electrons. The minimum atomic E-state index is -0.160. The fourth-order valence-electron chi connectivity index (χ4n) is 3.25. The van der Waals surface area contributed by atoms with Gasteiger partial charge in [0.1, 0.15) is 0 Å². The monoisotopic (exact) mass is 308 g/mol. The summed E-state index contributed by atoms with van der Waals surface area (Å²) in [6.45, 7) is 1.55. The first-order chi connectivity index (χ1) is 11.2. The topological polar surface area (TPSA) is 40.6 Å². The summed E-state index contributed by atoms with van der Waals surface area (Å²) in [6, 6.07) is 7.07. The summed E-state index contributed by atoms with van der Waals surface area (Å²) >= 11 is 0. The van der Waals surface area contributed by atoms with E-state index in [1.54, 1.807) is 24.3 Å². The van der Waals surface area contributed by atoms with Crippen LogP contribution in [0.1, 0.15) is 46.4 Å². The Morgan fingerprint density at radius 1 is 1.04 bits per heavy atom. The third kappa shape index (κ3) is 2.81. The molecule has 2 heterocycles. The minimum absolute atomic E-state index is 0.160. The van der Waals surface area contributed by atoms with Gasteiger partial charge in [-0.1, -0.05) is 18.2 Å². The summed E-state index contributed by atoms with van der Waals surface area (Å²) in [4.78, 5) is 28.4. The third-order valence-corrected chi connectivity index (χ3v) is 4.73. The van der Waals surface area contributed by atoms with Crippen LogP contribution in [0.4, 0.5) is 0 Å². The summed E-state index contributed by atoms with van der Waals surface area (Å²) in [5.41, 5.74) is 2.35. The molecule has 0 spiro atoms. The number of nitrogens with zero attached hydrogens (tertiary/aromatic N) is 2. The highest BCUT2D eigenvalue weighted by atomic mass is 16.2. The van der Waals surface area contributed by atoms with Crippen LogP contribution in [0.5, 0.6) is 0 Å². The molecule has 0 aromatic heterocycles. The Bertz CT molecular complexity index is 681. The van der Waals surface area contributed by atoms with Crippen molar-refractivity contribution in [1.82, 2.24) is 9.80 Å². The largest absolute Gasteiger partial charge is 0.354 e. The van der Waals surface area contributed by atoms with Crippen molar-refractivity contribution >= 4 is 11.8 Å². The number of hydrogen-bond acceptors (Lipinski definition) is 3. The van der Waals surface area contributed by atoms with Crippen molar-refractivity contribution in [3.05, 3.63) is 59.4 Å². The molecule has 0 N–H and O–H groups in total. The molecule has 4 nitrogen and oxygen atoms in total. The normalized spacial score (nSPS) is 20.1. The van der Waals surface area contributed by atoms with Gasteiger partial charge in [0, 0.05) is 19.3 Å². The predicted octanol–water partition coefficient (Wildman–Crippen LogP) is 3.19. The maximum Gasteiger partial charge on any atom is 0.261 e. The van der Waals surface area contributed by atoms with Crippen LogP contribution < -0.4 is 0 Å². The molecule has 1 aliphatic carbocycles. The van der Waals surface area contributed by atoms with Gasteiger partial charge in [-0.05, 0) is 55.5 Å². The molecule has 23 heavy (non-hydrogen) atoms. The van der Waals surface area contributed by atoms with E-state index in [0.29, 0.717) is 17.7 Å². The van der Waals surface area contributed by atoms with Crippen LogP contribution in [0.3, 0.4) is 0 Å². The highest BCUT2D eigenvalue weighted by Crippen LogP contribution is 2.31.